The molecule has 18 heavy (non-hydrogen) atoms. The molecule has 1 aromatic rings. The summed E-state index contributed by atoms with van der Waals surface area (Å²) >= 11 is 16.7. The summed E-state index contributed by atoms with van der Waals surface area (Å²) in [5.41, 5.74) is 5.89. The van der Waals surface area contributed by atoms with Crippen LogP contribution in [0.1, 0.15) is 24.2 Å². The van der Waals surface area contributed by atoms with Crippen LogP contribution in [0.5, 0.6) is 0 Å². The Hall–Kier alpha value is -0.840. The fourth-order valence-electron chi connectivity index (χ4n) is 1.47. The van der Waals surface area contributed by atoms with Crippen molar-refractivity contribution >= 4 is 46.3 Å². The molecule has 0 fully saturated rings. The first-order valence-corrected chi connectivity index (χ1v) is 6.53. The van der Waals surface area contributed by atoms with Crippen molar-refractivity contribution < 1.29 is 4.79 Å². The monoisotopic (exact) mass is 304 g/mol. The number of hydrogen-bond donors (Lipinski definition) is 1. The molecule has 0 aromatic heterocycles. The minimum Gasteiger partial charge on any atom is -0.392 e. The lowest BCUT2D eigenvalue weighted by atomic mass is 10.1. The number of carbonyl (C=O) groups excluding carboxylic acids is 1. The van der Waals surface area contributed by atoms with E-state index in [1.54, 1.807) is 17.0 Å². The van der Waals surface area contributed by atoms with Crippen molar-refractivity contribution in [1.29, 1.82) is 0 Å². The molecule has 0 spiro atoms. The molecule has 0 heterocycles. The summed E-state index contributed by atoms with van der Waals surface area (Å²) < 4.78 is 0. The highest BCUT2D eigenvalue weighted by Crippen LogP contribution is 2.22. The minimum atomic E-state index is -0.209. The Kier molecular flexibility index (Phi) is 5.38. The SMILES string of the molecule is CC(C)N(CC(N)=S)C(=O)c1ccc(Cl)cc1Cl. The normalized spacial score (nSPS) is 10.5. The summed E-state index contributed by atoms with van der Waals surface area (Å²) in [4.78, 5) is 14.2. The smallest absolute Gasteiger partial charge is 0.255 e. The number of nitrogens with zero attached hydrogens (tertiary/aromatic N) is 1. The van der Waals surface area contributed by atoms with Gasteiger partial charge >= 0.3 is 0 Å². The predicted molar refractivity (Wildman–Crippen MR) is 79.4 cm³/mol. The first-order chi connectivity index (χ1) is 8.32. The zero-order valence-electron chi connectivity index (χ0n) is 10.1. The highest BCUT2D eigenvalue weighted by atomic mass is 35.5. The van der Waals surface area contributed by atoms with Crippen molar-refractivity contribution in [2.75, 3.05) is 6.54 Å². The van der Waals surface area contributed by atoms with Gasteiger partial charge < -0.3 is 10.6 Å². The van der Waals surface area contributed by atoms with Gasteiger partial charge in [-0.05, 0) is 32.0 Å². The summed E-state index contributed by atoms with van der Waals surface area (Å²) in [6.07, 6.45) is 0. The molecule has 3 nitrogen and oxygen atoms in total. The van der Waals surface area contributed by atoms with Crippen molar-refractivity contribution in [2.24, 2.45) is 5.73 Å². The fraction of sp³-hybridized carbons (Fsp3) is 0.333. The second-order valence-corrected chi connectivity index (χ2v) is 5.49. The number of benzene rings is 1. The van der Waals surface area contributed by atoms with E-state index in [0.717, 1.165) is 0 Å². The van der Waals surface area contributed by atoms with E-state index in [1.165, 1.54) is 6.07 Å². The lowest BCUT2D eigenvalue weighted by molar-refractivity contribution is 0.0736. The summed E-state index contributed by atoms with van der Waals surface area (Å²) in [6, 6.07) is 4.74. The third kappa shape index (κ3) is 3.83. The van der Waals surface area contributed by atoms with Gasteiger partial charge in [0.15, 0.2) is 0 Å². The minimum absolute atomic E-state index is 0.0225. The molecule has 0 aliphatic carbocycles. The van der Waals surface area contributed by atoms with Crippen molar-refractivity contribution in [2.45, 2.75) is 19.9 Å². The maximum Gasteiger partial charge on any atom is 0.255 e. The van der Waals surface area contributed by atoms with Crippen molar-refractivity contribution in [3.63, 3.8) is 0 Å². The first-order valence-electron chi connectivity index (χ1n) is 5.37. The Labute approximate surface area is 122 Å². The van der Waals surface area contributed by atoms with E-state index in [9.17, 15) is 4.79 Å². The van der Waals surface area contributed by atoms with Crippen LogP contribution in [-0.2, 0) is 0 Å². The average molecular weight is 305 g/mol. The lowest BCUT2D eigenvalue weighted by Gasteiger charge is -2.26. The molecule has 1 amide bonds. The molecule has 0 radical (unpaired) electrons. The third-order valence-electron chi connectivity index (χ3n) is 2.37. The van der Waals surface area contributed by atoms with Crippen LogP contribution in [-0.4, -0.2) is 28.4 Å². The number of rotatable bonds is 4. The van der Waals surface area contributed by atoms with Crippen LogP contribution < -0.4 is 5.73 Å². The quantitative estimate of drug-likeness (QED) is 0.869. The van der Waals surface area contributed by atoms with Gasteiger partial charge in [0.25, 0.3) is 5.91 Å². The summed E-state index contributed by atoms with van der Waals surface area (Å²) in [6.45, 7) is 4.00. The molecule has 0 unspecified atom stereocenters. The number of thiocarbonyl (C=S) groups is 1. The number of hydrogen-bond acceptors (Lipinski definition) is 2. The molecule has 0 aliphatic heterocycles. The molecule has 0 atom stereocenters. The second-order valence-electron chi connectivity index (χ2n) is 4.12. The zero-order valence-corrected chi connectivity index (χ0v) is 12.4. The average Bonchev–Trinajstić information content (AvgIpc) is 2.24. The van der Waals surface area contributed by atoms with Crippen LogP contribution in [0.2, 0.25) is 10.0 Å². The summed E-state index contributed by atoms with van der Waals surface area (Å²) in [7, 11) is 0. The van der Waals surface area contributed by atoms with Crippen molar-refractivity contribution in [3.8, 4) is 0 Å². The van der Waals surface area contributed by atoms with Gasteiger partial charge in [-0.15, -0.1) is 0 Å². The van der Waals surface area contributed by atoms with Gasteiger partial charge in [0, 0.05) is 11.1 Å². The predicted octanol–water partition coefficient (Wildman–Crippen LogP) is 3.13. The number of halogens is 2. The third-order valence-corrected chi connectivity index (χ3v) is 3.05. The Morgan fingerprint density at radius 1 is 1.44 bits per heavy atom. The molecule has 6 heteroatoms. The van der Waals surface area contributed by atoms with Crippen LogP contribution in [0.15, 0.2) is 18.2 Å². The van der Waals surface area contributed by atoms with Crippen LogP contribution in [0, 0.1) is 0 Å². The van der Waals surface area contributed by atoms with Gasteiger partial charge in [0.1, 0.15) is 0 Å². The molecule has 1 aromatic carbocycles. The fourth-order valence-corrected chi connectivity index (χ4v) is 2.10. The molecule has 0 saturated carbocycles. The molecule has 0 bridgehead atoms. The second kappa shape index (κ2) is 6.36. The molecule has 98 valence electrons. The van der Waals surface area contributed by atoms with Gasteiger partial charge in [0.05, 0.1) is 22.1 Å². The van der Waals surface area contributed by atoms with Crippen LogP contribution in [0.4, 0.5) is 0 Å². The van der Waals surface area contributed by atoms with E-state index in [0.29, 0.717) is 15.6 Å². The van der Waals surface area contributed by atoms with Gasteiger partial charge in [-0.3, -0.25) is 4.79 Å². The first kappa shape index (κ1) is 15.2. The summed E-state index contributed by atoms with van der Waals surface area (Å²) in [5, 5.41) is 0.808. The zero-order chi connectivity index (χ0) is 13.9. The molecular formula is C12H14Cl2N2OS. The van der Waals surface area contributed by atoms with Gasteiger partial charge in [0.2, 0.25) is 0 Å². The van der Waals surface area contributed by atoms with E-state index in [4.69, 9.17) is 41.2 Å². The van der Waals surface area contributed by atoms with Crippen molar-refractivity contribution in [1.82, 2.24) is 4.90 Å². The van der Waals surface area contributed by atoms with E-state index >= 15 is 0 Å². The Bertz CT molecular complexity index is 477. The topological polar surface area (TPSA) is 46.3 Å². The molecule has 0 aliphatic rings. The van der Waals surface area contributed by atoms with Crippen molar-refractivity contribution in [3.05, 3.63) is 33.8 Å². The standard InChI is InChI=1S/C12H14Cl2N2OS/c1-7(2)16(6-11(15)18)12(17)9-4-3-8(13)5-10(9)14/h3-5,7H,6H2,1-2H3,(H2,15,18). The number of amides is 1. The van der Waals surface area contributed by atoms with E-state index in [2.05, 4.69) is 0 Å². The Morgan fingerprint density at radius 2 is 2.06 bits per heavy atom. The largest absolute Gasteiger partial charge is 0.392 e. The van der Waals surface area contributed by atoms with Crippen LogP contribution in [0.25, 0.3) is 0 Å². The molecule has 1 rings (SSSR count). The lowest BCUT2D eigenvalue weighted by Crippen LogP contribution is -2.42. The van der Waals surface area contributed by atoms with Gasteiger partial charge in [-0.1, -0.05) is 35.4 Å². The summed E-state index contributed by atoms with van der Waals surface area (Å²) in [5.74, 6) is -0.209. The van der Waals surface area contributed by atoms with Crippen LogP contribution in [0.3, 0.4) is 0 Å². The van der Waals surface area contributed by atoms with E-state index in [1.807, 2.05) is 13.8 Å². The van der Waals surface area contributed by atoms with Gasteiger partial charge in [-0.25, -0.2) is 0 Å². The van der Waals surface area contributed by atoms with Gasteiger partial charge in [-0.2, -0.15) is 0 Å². The maximum atomic E-state index is 12.3. The molecular weight excluding hydrogens is 291 g/mol. The Morgan fingerprint density at radius 3 is 2.50 bits per heavy atom. The number of nitrogens with two attached hydrogens (primary N) is 1. The Balaban J connectivity index is 3.05. The molecule has 0 saturated heterocycles. The highest BCUT2D eigenvalue weighted by molar-refractivity contribution is 7.80. The van der Waals surface area contributed by atoms with E-state index < -0.39 is 0 Å². The van der Waals surface area contributed by atoms with E-state index in [-0.39, 0.29) is 23.5 Å². The van der Waals surface area contributed by atoms with Crippen LogP contribution >= 0.6 is 35.4 Å². The molecule has 2 N–H and O–H groups in total. The maximum absolute atomic E-state index is 12.3. The number of carbonyl (C=O) groups is 1. The highest BCUT2D eigenvalue weighted by Gasteiger charge is 2.21.